The smallest absolute Gasteiger partial charge is 0.329 e. The van der Waals surface area contributed by atoms with Crippen LogP contribution in [0.4, 0.5) is 4.79 Å². The molecule has 0 aromatic heterocycles. The van der Waals surface area contributed by atoms with Crippen molar-refractivity contribution >= 4 is 12.0 Å². The Balaban J connectivity index is 1.88. The first-order valence-corrected chi connectivity index (χ1v) is 7.98. The maximum absolute atomic E-state index is 12.4. The average Bonchev–Trinajstić information content (AvgIpc) is 2.93. The van der Waals surface area contributed by atoms with Crippen LogP contribution in [0.25, 0.3) is 0 Å². The molecule has 2 atom stereocenters. The maximum Gasteiger partial charge on any atom is 0.329 e. The van der Waals surface area contributed by atoms with Crippen LogP contribution in [0, 0.1) is 5.92 Å². The van der Waals surface area contributed by atoms with E-state index in [2.05, 4.69) is 17.1 Å². The van der Waals surface area contributed by atoms with Crippen molar-refractivity contribution in [1.82, 2.24) is 15.1 Å². The number of carboxylic acid groups (broad SMARTS) is 1. The molecule has 2 fully saturated rings. The summed E-state index contributed by atoms with van der Waals surface area (Å²) in [6.45, 7) is 8.13. The van der Waals surface area contributed by atoms with Gasteiger partial charge in [0.2, 0.25) is 0 Å². The van der Waals surface area contributed by atoms with Crippen molar-refractivity contribution in [2.45, 2.75) is 45.1 Å². The number of hydrogen-bond acceptors (Lipinski definition) is 3. The van der Waals surface area contributed by atoms with Crippen LogP contribution in [0.2, 0.25) is 0 Å². The van der Waals surface area contributed by atoms with Gasteiger partial charge in [-0.05, 0) is 51.6 Å². The van der Waals surface area contributed by atoms with Crippen LogP contribution >= 0.6 is 0 Å². The van der Waals surface area contributed by atoms with Crippen LogP contribution in [-0.2, 0) is 4.79 Å². The molecule has 2 N–H and O–H groups in total. The number of piperidine rings is 1. The van der Waals surface area contributed by atoms with Gasteiger partial charge < -0.3 is 20.2 Å². The molecule has 0 aromatic rings. The number of amides is 2. The molecule has 0 radical (unpaired) electrons. The molecule has 0 bridgehead atoms. The number of aliphatic carboxylic acids is 1. The lowest BCUT2D eigenvalue weighted by atomic mass is 9.89. The summed E-state index contributed by atoms with van der Waals surface area (Å²) in [7, 11) is 0. The zero-order valence-electron chi connectivity index (χ0n) is 13.1. The number of likely N-dealkylation sites (tertiary alicyclic amines) is 2. The topological polar surface area (TPSA) is 72.9 Å². The van der Waals surface area contributed by atoms with E-state index in [0.29, 0.717) is 25.4 Å². The minimum atomic E-state index is -1.06. The lowest BCUT2D eigenvalue weighted by molar-refractivity contribution is -0.150. The molecule has 120 valence electrons. The van der Waals surface area contributed by atoms with Gasteiger partial charge in [-0.25, -0.2) is 9.59 Å². The Morgan fingerprint density at radius 3 is 2.71 bits per heavy atom. The number of rotatable bonds is 4. The van der Waals surface area contributed by atoms with Crippen molar-refractivity contribution in [1.29, 1.82) is 0 Å². The van der Waals surface area contributed by atoms with Gasteiger partial charge in [-0.1, -0.05) is 6.92 Å². The van der Waals surface area contributed by atoms with E-state index in [-0.39, 0.29) is 6.03 Å². The quantitative estimate of drug-likeness (QED) is 0.822. The highest BCUT2D eigenvalue weighted by Crippen LogP contribution is 2.28. The molecule has 0 aromatic carbocycles. The highest BCUT2D eigenvalue weighted by molar-refractivity contribution is 5.86. The average molecular weight is 297 g/mol. The van der Waals surface area contributed by atoms with Gasteiger partial charge in [0.05, 0.1) is 0 Å². The van der Waals surface area contributed by atoms with Crippen LogP contribution in [-0.4, -0.2) is 65.2 Å². The number of nitrogens with zero attached hydrogens (tertiary/aromatic N) is 2. The van der Waals surface area contributed by atoms with E-state index in [4.69, 9.17) is 0 Å². The number of carbonyl (C=O) groups excluding carboxylic acids is 1. The van der Waals surface area contributed by atoms with Gasteiger partial charge in [0.15, 0.2) is 0 Å². The number of nitrogens with one attached hydrogen (secondary N) is 1. The van der Waals surface area contributed by atoms with E-state index in [1.165, 1.54) is 4.90 Å². The molecule has 0 saturated carbocycles. The summed E-state index contributed by atoms with van der Waals surface area (Å²) in [6.07, 6.45) is 3.37. The third-order valence-electron chi connectivity index (χ3n) is 4.96. The van der Waals surface area contributed by atoms with Crippen molar-refractivity contribution in [3.8, 4) is 0 Å². The van der Waals surface area contributed by atoms with E-state index in [0.717, 1.165) is 38.9 Å². The normalized spacial score (nSPS) is 30.4. The molecule has 2 unspecified atom stereocenters. The first kappa shape index (κ1) is 16.1. The summed E-state index contributed by atoms with van der Waals surface area (Å²) < 4.78 is 0. The highest BCUT2D eigenvalue weighted by atomic mass is 16.4. The lowest BCUT2D eigenvalue weighted by Crippen LogP contribution is -2.60. The monoisotopic (exact) mass is 297 g/mol. The van der Waals surface area contributed by atoms with E-state index in [9.17, 15) is 14.7 Å². The van der Waals surface area contributed by atoms with Crippen LogP contribution in [0.1, 0.15) is 39.5 Å². The summed E-state index contributed by atoms with van der Waals surface area (Å²) in [5.41, 5.74) is -1.06. The summed E-state index contributed by atoms with van der Waals surface area (Å²) in [5, 5.41) is 12.4. The Labute approximate surface area is 126 Å². The second-order valence-electron chi connectivity index (χ2n) is 6.42. The van der Waals surface area contributed by atoms with Crippen molar-refractivity contribution < 1.29 is 14.7 Å². The molecule has 2 saturated heterocycles. The molecule has 6 heteroatoms. The molecule has 2 aliphatic heterocycles. The van der Waals surface area contributed by atoms with Gasteiger partial charge in [-0.2, -0.15) is 0 Å². The minimum Gasteiger partial charge on any atom is -0.480 e. The molecular weight excluding hydrogens is 270 g/mol. The predicted molar refractivity (Wildman–Crippen MR) is 80.2 cm³/mol. The molecule has 2 aliphatic rings. The van der Waals surface area contributed by atoms with Gasteiger partial charge in [-0.3, -0.25) is 0 Å². The van der Waals surface area contributed by atoms with E-state index in [1.807, 2.05) is 0 Å². The van der Waals surface area contributed by atoms with Crippen molar-refractivity contribution in [2.24, 2.45) is 5.92 Å². The fraction of sp³-hybridized carbons (Fsp3) is 0.867. The van der Waals surface area contributed by atoms with Crippen LogP contribution in [0.5, 0.6) is 0 Å². The molecule has 21 heavy (non-hydrogen) atoms. The minimum absolute atomic E-state index is 0.227. The van der Waals surface area contributed by atoms with E-state index < -0.39 is 11.5 Å². The van der Waals surface area contributed by atoms with Gasteiger partial charge >= 0.3 is 12.0 Å². The highest BCUT2D eigenvalue weighted by Gasteiger charge is 2.44. The Morgan fingerprint density at radius 2 is 2.10 bits per heavy atom. The Morgan fingerprint density at radius 1 is 1.33 bits per heavy atom. The number of urea groups is 1. The fourth-order valence-electron chi connectivity index (χ4n) is 3.36. The van der Waals surface area contributed by atoms with Gasteiger partial charge in [0.25, 0.3) is 0 Å². The standard InChI is InChI=1S/C15H27N3O3/c1-3-17-9-6-12(11-17)10-16-14(21)18-8-5-4-7-15(18,2)13(19)20/h12H,3-11H2,1-2H3,(H,16,21)(H,19,20). The summed E-state index contributed by atoms with van der Waals surface area (Å²) in [4.78, 5) is 27.7. The number of carbonyl (C=O) groups is 2. The molecule has 0 spiro atoms. The molecule has 2 rings (SSSR count). The summed E-state index contributed by atoms with van der Waals surface area (Å²) in [6, 6.07) is -0.227. The van der Waals surface area contributed by atoms with Crippen LogP contribution in [0.15, 0.2) is 0 Å². The van der Waals surface area contributed by atoms with Crippen molar-refractivity contribution in [3.63, 3.8) is 0 Å². The van der Waals surface area contributed by atoms with Crippen LogP contribution < -0.4 is 5.32 Å². The van der Waals surface area contributed by atoms with Gasteiger partial charge in [0.1, 0.15) is 5.54 Å². The Kier molecular flexibility index (Phi) is 5.08. The SMILES string of the molecule is CCN1CCC(CNC(=O)N2CCCCC2(C)C(=O)O)C1. The van der Waals surface area contributed by atoms with E-state index >= 15 is 0 Å². The number of hydrogen-bond donors (Lipinski definition) is 2. The lowest BCUT2D eigenvalue weighted by Gasteiger charge is -2.41. The van der Waals surface area contributed by atoms with Crippen LogP contribution in [0.3, 0.4) is 0 Å². The Bertz CT molecular complexity index is 402. The first-order chi connectivity index (χ1) is 9.97. The molecular formula is C15H27N3O3. The number of carboxylic acids is 1. The maximum atomic E-state index is 12.4. The summed E-state index contributed by atoms with van der Waals surface area (Å²) >= 11 is 0. The molecule has 2 heterocycles. The van der Waals surface area contributed by atoms with Gasteiger partial charge in [0, 0.05) is 19.6 Å². The van der Waals surface area contributed by atoms with Crippen molar-refractivity contribution in [3.05, 3.63) is 0 Å². The van der Waals surface area contributed by atoms with Gasteiger partial charge in [-0.15, -0.1) is 0 Å². The third kappa shape index (κ3) is 3.48. The third-order valence-corrected chi connectivity index (χ3v) is 4.96. The molecule has 0 aliphatic carbocycles. The molecule has 2 amide bonds. The van der Waals surface area contributed by atoms with E-state index in [1.54, 1.807) is 6.92 Å². The zero-order chi connectivity index (χ0) is 15.5. The summed E-state index contributed by atoms with van der Waals surface area (Å²) in [5.74, 6) is -0.426. The second kappa shape index (κ2) is 6.64. The largest absolute Gasteiger partial charge is 0.480 e. The fourth-order valence-corrected chi connectivity index (χ4v) is 3.36. The molecule has 6 nitrogen and oxygen atoms in total. The zero-order valence-corrected chi connectivity index (χ0v) is 13.1. The second-order valence-corrected chi connectivity index (χ2v) is 6.42. The Hall–Kier alpha value is -1.30. The van der Waals surface area contributed by atoms with Crippen molar-refractivity contribution in [2.75, 3.05) is 32.7 Å². The first-order valence-electron chi connectivity index (χ1n) is 7.98. The predicted octanol–water partition coefficient (Wildman–Crippen LogP) is 1.37.